The molecule has 38 heavy (non-hydrogen) atoms. The Morgan fingerprint density at radius 1 is 0.842 bits per heavy atom. The van der Waals surface area contributed by atoms with E-state index < -0.39 is 5.60 Å². The van der Waals surface area contributed by atoms with Crippen LogP contribution in [0.25, 0.3) is 21.7 Å². The summed E-state index contributed by atoms with van der Waals surface area (Å²) in [6, 6.07) is 34.9. The molecular weight excluding hydrogens is 536 g/mol. The Hall–Kier alpha value is -3.25. The van der Waals surface area contributed by atoms with E-state index in [4.69, 9.17) is 9.72 Å². The summed E-state index contributed by atoms with van der Waals surface area (Å²) in [5, 5.41) is 15.2. The van der Waals surface area contributed by atoms with E-state index in [9.17, 15) is 5.11 Å². The summed E-state index contributed by atoms with van der Waals surface area (Å²) < 4.78 is 6.66. The van der Waals surface area contributed by atoms with Crippen molar-refractivity contribution in [3.63, 3.8) is 0 Å². The van der Waals surface area contributed by atoms with Crippen molar-refractivity contribution < 1.29 is 9.84 Å². The van der Waals surface area contributed by atoms with Crippen LogP contribution in [0.1, 0.15) is 30.4 Å². The number of hydrogen-bond acceptors (Lipinski definition) is 4. The van der Waals surface area contributed by atoms with Crippen LogP contribution in [0.5, 0.6) is 5.88 Å². The molecule has 0 saturated carbocycles. The second kappa shape index (κ2) is 12.5. The molecule has 2 atom stereocenters. The fraction of sp³-hybridized carbons (Fsp3) is 0.242. The zero-order chi connectivity index (χ0) is 27.1. The van der Waals surface area contributed by atoms with Crippen LogP contribution in [0, 0.1) is 0 Å². The lowest BCUT2D eigenvalue weighted by molar-refractivity contribution is 0.0269. The average Bonchev–Trinajstić information content (AvgIpc) is 2.92. The van der Waals surface area contributed by atoms with Gasteiger partial charge in [-0.3, -0.25) is 0 Å². The highest BCUT2D eigenvalue weighted by molar-refractivity contribution is 9.10. The van der Waals surface area contributed by atoms with E-state index in [1.54, 1.807) is 7.11 Å². The number of methoxy groups -OCH3 is 1. The van der Waals surface area contributed by atoms with Crippen LogP contribution in [-0.2, 0) is 0 Å². The second-order valence-corrected chi connectivity index (χ2v) is 10.9. The van der Waals surface area contributed by atoms with Crippen molar-refractivity contribution in [3.05, 3.63) is 119 Å². The number of ether oxygens (including phenoxy) is 1. The van der Waals surface area contributed by atoms with Gasteiger partial charge in [-0.2, -0.15) is 0 Å². The minimum atomic E-state index is -0.972. The number of aromatic nitrogens is 1. The average molecular weight is 572 g/mol. The second-order valence-electron chi connectivity index (χ2n) is 10.0. The molecule has 0 spiro atoms. The molecule has 5 rings (SSSR count). The molecule has 0 bridgehead atoms. The molecule has 4 nitrogen and oxygen atoms in total. The lowest BCUT2D eigenvalue weighted by Gasteiger charge is -2.35. The van der Waals surface area contributed by atoms with Crippen LogP contribution in [0.15, 0.2) is 108 Å². The molecule has 5 aromatic rings. The van der Waals surface area contributed by atoms with E-state index in [-0.39, 0.29) is 5.92 Å². The quantitative estimate of drug-likeness (QED) is 0.218. The summed E-state index contributed by atoms with van der Waals surface area (Å²) in [5.74, 6) is 0.285. The highest BCUT2D eigenvalue weighted by atomic mass is 79.9. The third kappa shape index (κ3) is 6.79. The number of hydrogen-bond donors (Lipinski definition) is 1. The topological polar surface area (TPSA) is 45.6 Å². The van der Waals surface area contributed by atoms with Crippen LogP contribution in [-0.4, -0.2) is 48.3 Å². The highest BCUT2D eigenvalue weighted by Gasteiger charge is 2.36. The molecule has 5 heteroatoms. The van der Waals surface area contributed by atoms with Crippen molar-refractivity contribution in [1.82, 2.24) is 9.88 Å². The van der Waals surface area contributed by atoms with Gasteiger partial charge in [-0.25, -0.2) is 4.98 Å². The predicted molar refractivity (Wildman–Crippen MR) is 162 cm³/mol. The summed E-state index contributed by atoms with van der Waals surface area (Å²) in [6.45, 7) is 2.68. The Balaban J connectivity index is 0.000000278. The van der Waals surface area contributed by atoms with Gasteiger partial charge in [0.1, 0.15) is 0 Å². The maximum atomic E-state index is 11.6. The summed E-state index contributed by atoms with van der Waals surface area (Å²) >= 11 is 3.54. The Morgan fingerprint density at radius 3 is 1.97 bits per heavy atom. The summed E-state index contributed by atoms with van der Waals surface area (Å²) in [4.78, 5) is 6.81. The van der Waals surface area contributed by atoms with E-state index in [0.29, 0.717) is 12.3 Å². The molecule has 0 fully saturated rings. The van der Waals surface area contributed by atoms with Crippen molar-refractivity contribution in [1.29, 1.82) is 0 Å². The summed E-state index contributed by atoms with van der Waals surface area (Å²) in [6.07, 6.45) is 0.624. The van der Waals surface area contributed by atoms with Crippen LogP contribution >= 0.6 is 15.9 Å². The summed E-state index contributed by atoms with van der Waals surface area (Å²) in [7, 11) is 5.67. The standard InChI is InChI=1S/C23H27BrN2O2.C10H8/c1-23(27,12-13-26(2)3)21(16-8-6-5-7-9-16)19-15-17-14-18(24)10-11-20(17)25-22(19)28-4;1-2-6-10-8-4-3-7-9(10)5-1/h5-11,14-15,21,27H,12-13H2,1-4H3;1-8H. The lowest BCUT2D eigenvalue weighted by atomic mass is 9.76. The number of pyridine rings is 1. The SMILES string of the molecule is COc1nc2ccc(Br)cc2cc1C(c1ccccc1)C(C)(O)CCN(C)C.c1ccc2ccccc2c1. The molecule has 1 N–H and O–H groups in total. The number of nitrogens with zero attached hydrogens (tertiary/aromatic N) is 2. The molecule has 196 valence electrons. The van der Waals surface area contributed by atoms with Crippen molar-refractivity contribution in [2.24, 2.45) is 0 Å². The van der Waals surface area contributed by atoms with Crippen LogP contribution in [0.3, 0.4) is 0 Å². The molecule has 2 unspecified atom stereocenters. The van der Waals surface area contributed by atoms with Gasteiger partial charge in [-0.05, 0) is 68.0 Å². The van der Waals surface area contributed by atoms with Gasteiger partial charge in [0.15, 0.2) is 0 Å². The van der Waals surface area contributed by atoms with Gasteiger partial charge in [0.2, 0.25) is 5.88 Å². The van der Waals surface area contributed by atoms with E-state index in [0.717, 1.165) is 33.0 Å². The molecule has 0 amide bonds. The highest BCUT2D eigenvalue weighted by Crippen LogP contribution is 2.42. The van der Waals surface area contributed by atoms with Crippen molar-refractivity contribution in [3.8, 4) is 5.88 Å². The minimum absolute atomic E-state index is 0.264. The molecule has 0 saturated heterocycles. The Bertz CT molecular complexity index is 1420. The number of benzene rings is 4. The molecule has 0 radical (unpaired) electrons. The summed E-state index contributed by atoms with van der Waals surface area (Å²) in [5.41, 5.74) is 1.83. The van der Waals surface area contributed by atoms with Crippen LogP contribution in [0.2, 0.25) is 0 Å². The fourth-order valence-corrected chi connectivity index (χ4v) is 5.14. The molecular formula is C33H35BrN2O2. The van der Waals surface area contributed by atoms with Gasteiger partial charge in [0.05, 0.1) is 18.2 Å². The number of aliphatic hydroxyl groups is 1. The Kier molecular flexibility index (Phi) is 9.16. The largest absolute Gasteiger partial charge is 0.481 e. The Labute approximate surface area is 234 Å². The number of rotatable bonds is 7. The van der Waals surface area contributed by atoms with E-state index in [1.807, 2.05) is 57.4 Å². The van der Waals surface area contributed by atoms with Crippen molar-refractivity contribution in [2.45, 2.75) is 24.9 Å². The normalized spacial score (nSPS) is 13.6. The maximum Gasteiger partial charge on any atom is 0.217 e. The molecule has 1 aromatic heterocycles. The maximum absolute atomic E-state index is 11.6. The lowest BCUT2D eigenvalue weighted by Crippen LogP contribution is -2.37. The fourth-order valence-electron chi connectivity index (χ4n) is 4.76. The number of fused-ring (bicyclic) bond motifs is 2. The van der Waals surface area contributed by atoms with Gasteiger partial charge in [0, 0.05) is 27.9 Å². The zero-order valence-electron chi connectivity index (χ0n) is 22.4. The van der Waals surface area contributed by atoms with Gasteiger partial charge in [-0.1, -0.05) is 94.8 Å². The van der Waals surface area contributed by atoms with Gasteiger partial charge in [-0.15, -0.1) is 0 Å². The van der Waals surface area contributed by atoms with Crippen molar-refractivity contribution >= 4 is 37.6 Å². The van der Waals surface area contributed by atoms with Crippen molar-refractivity contribution in [2.75, 3.05) is 27.7 Å². The van der Waals surface area contributed by atoms with E-state index >= 15 is 0 Å². The first-order valence-corrected chi connectivity index (χ1v) is 13.6. The molecule has 1 heterocycles. The van der Waals surface area contributed by atoms with Gasteiger partial charge in [0.25, 0.3) is 0 Å². The smallest absolute Gasteiger partial charge is 0.217 e. The molecule has 0 aliphatic carbocycles. The monoisotopic (exact) mass is 570 g/mol. The van der Waals surface area contributed by atoms with Gasteiger partial charge < -0.3 is 14.7 Å². The first kappa shape index (κ1) is 27.8. The third-order valence-electron chi connectivity index (χ3n) is 6.75. The van der Waals surface area contributed by atoms with E-state index in [1.165, 1.54) is 10.8 Å². The minimum Gasteiger partial charge on any atom is -0.481 e. The molecule has 4 aromatic carbocycles. The third-order valence-corrected chi connectivity index (χ3v) is 7.25. The Morgan fingerprint density at radius 2 is 1.42 bits per heavy atom. The first-order valence-electron chi connectivity index (χ1n) is 12.8. The molecule has 0 aliphatic heterocycles. The predicted octanol–water partition coefficient (Wildman–Crippen LogP) is 7.68. The van der Waals surface area contributed by atoms with Crippen LogP contribution in [0.4, 0.5) is 0 Å². The zero-order valence-corrected chi connectivity index (χ0v) is 24.0. The molecule has 0 aliphatic rings. The number of halogens is 1. The first-order chi connectivity index (χ1) is 18.3. The van der Waals surface area contributed by atoms with Crippen LogP contribution < -0.4 is 4.74 Å². The van der Waals surface area contributed by atoms with E-state index in [2.05, 4.69) is 87.6 Å². The van der Waals surface area contributed by atoms with Gasteiger partial charge >= 0.3 is 0 Å².